The lowest BCUT2D eigenvalue weighted by Gasteiger charge is -2.11. The summed E-state index contributed by atoms with van der Waals surface area (Å²) in [4.78, 5) is 22.5. The zero-order valence-corrected chi connectivity index (χ0v) is 20.2. The van der Waals surface area contributed by atoms with Crippen molar-refractivity contribution >= 4 is 43.5 Å². The molecule has 9 heteroatoms. The van der Waals surface area contributed by atoms with E-state index in [9.17, 15) is 18.0 Å². The summed E-state index contributed by atoms with van der Waals surface area (Å²) in [5.74, 6) is 1.44. The van der Waals surface area contributed by atoms with Crippen LogP contribution in [0.2, 0.25) is 0 Å². The van der Waals surface area contributed by atoms with Crippen molar-refractivity contribution in [2.75, 3.05) is 0 Å². The molecule has 6 nitrogen and oxygen atoms in total. The second kappa shape index (κ2) is 10.3. The minimum Gasteiger partial charge on any atom is -0.457 e. The van der Waals surface area contributed by atoms with Crippen molar-refractivity contribution in [2.45, 2.75) is 9.79 Å². The maximum atomic E-state index is 13.3. The van der Waals surface area contributed by atoms with Gasteiger partial charge in [-0.15, -0.1) is 0 Å². The summed E-state index contributed by atoms with van der Waals surface area (Å²) in [6, 6.07) is 24.4. The molecule has 0 amide bonds. The summed E-state index contributed by atoms with van der Waals surface area (Å²) in [5, 5.41) is -1.17. The Morgan fingerprint density at radius 1 is 0.543 bits per heavy atom. The molecule has 4 rings (SSSR count). The third kappa shape index (κ3) is 5.89. The summed E-state index contributed by atoms with van der Waals surface area (Å²) in [7, 11) is -3.89. The summed E-state index contributed by atoms with van der Waals surface area (Å²) in [5.41, 5.74) is 0.641. The van der Waals surface area contributed by atoms with Gasteiger partial charge in [0.25, 0.3) is 10.5 Å². The van der Waals surface area contributed by atoms with Gasteiger partial charge in [-0.1, -0.05) is 12.1 Å². The van der Waals surface area contributed by atoms with Gasteiger partial charge in [0, 0.05) is 11.1 Å². The van der Waals surface area contributed by atoms with Crippen LogP contribution in [0.15, 0.2) is 107 Å². The Morgan fingerprint density at radius 3 is 1.26 bits per heavy atom. The predicted molar refractivity (Wildman–Crippen MR) is 132 cm³/mol. The highest BCUT2D eigenvalue weighted by atomic mass is 35.5. The van der Waals surface area contributed by atoms with Gasteiger partial charge in [-0.3, -0.25) is 9.59 Å². The molecule has 0 aliphatic carbocycles. The standard InChI is InChI=1S/C26H16Cl2O6S/c27-25(29)17-7-11-19(12-8-17)33-21-3-1-5-23(15-21)35(31,32)24-6-2-4-22(16-24)34-20-13-9-18(10-14-20)26(28)30/h1-16H. The molecule has 176 valence electrons. The van der Waals surface area contributed by atoms with Crippen LogP contribution in [-0.4, -0.2) is 18.9 Å². The molecule has 4 aromatic rings. The van der Waals surface area contributed by atoms with Crippen molar-refractivity contribution < 1.29 is 27.5 Å². The second-order valence-electron chi connectivity index (χ2n) is 7.25. The van der Waals surface area contributed by atoms with Crippen molar-refractivity contribution in [1.82, 2.24) is 0 Å². The molecule has 0 aromatic heterocycles. The lowest BCUT2D eigenvalue weighted by Crippen LogP contribution is -2.02. The van der Waals surface area contributed by atoms with Gasteiger partial charge >= 0.3 is 0 Å². The molecule has 0 bridgehead atoms. The lowest BCUT2D eigenvalue weighted by atomic mass is 10.2. The third-order valence-electron chi connectivity index (χ3n) is 4.87. The molecule has 35 heavy (non-hydrogen) atoms. The fourth-order valence-corrected chi connectivity index (χ4v) is 4.71. The largest absolute Gasteiger partial charge is 0.457 e. The molecule has 0 spiro atoms. The van der Waals surface area contributed by atoms with E-state index in [2.05, 4.69) is 0 Å². The van der Waals surface area contributed by atoms with Crippen LogP contribution in [0.5, 0.6) is 23.0 Å². The van der Waals surface area contributed by atoms with Gasteiger partial charge in [-0.25, -0.2) is 8.42 Å². The Bertz CT molecular complexity index is 1390. The number of carbonyl (C=O) groups excluding carboxylic acids is 2. The van der Waals surface area contributed by atoms with Gasteiger partial charge in [0.2, 0.25) is 9.84 Å². The topological polar surface area (TPSA) is 86.7 Å². The van der Waals surface area contributed by atoms with Crippen LogP contribution in [0, 0.1) is 0 Å². The van der Waals surface area contributed by atoms with Gasteiger partial charge in [0.15, 0.2) is 0 Å². The van der Waals surface area contributed by atoms with E-state index in [4.69, 9.17) is 32.7 Å². The maximum absolute atomic E-state index is 13.3. The number of halogens is 2. The molecule has 0 radical (unpaired) electrons. The average Bonchev–Trinajstić information content (AvgIpc) is 2.85. The average molecular weight is 527 g/mol. The van der Waals surface area contributed by atoms with E-state index >= 15 is 0 Å². The predicted octanol–water partition coefficient (Wildman–Crippen LogP) is 6.86. The van der Waals surface area contributed by atoms with E-state index in [1.54, 1.807) is 48.5 Å². The van der Waals surface area contributed by atoms with Crippen LogP contribution >= 0.6 is 23.2 Å². The van der Waals surface area contributed by atoms with Crippen LogP contribution in [-0.2, 0) is 9.84 Å². The number of sulfone groups is 1. The van der Waals surface area contributed by atoms with E-state index < -0.39 is 20.3 Å². The van der Waals surface area contributed by atoms with Crippen molar-refractivity contribution in [3.63, 3.8) is 0 Å². The van der Waals surface area contributed by atoms with Crippen LogP contribution in [0.25, 0.3) is 0 Å². The Balaban J connectivity index is 1.55. The Morgan fingerprint density at radius 2 is 0.914 bits per heavy atom. The van der Waals surface area contributed by atoms with E-state index in [0.29, 0.717) is 34.1 Å². The van der Waals surface area contributed by atoms with Crippen molar-refractivity contribution in [2.24, 2.45) is 0 Å². The first-order chi connectivity index (χ1) is 16.7. The van der Waals surface area contributed by atoms with Crippen molar-refractivity contribution in [3.8, 4) is 23.0 Å². The third-order valence-corrected chi connectivity index (χ3v) is 7.05. The summed E-state index contributed by atoms with van der Waals surface area (Å²) in [6.45, 7) is 0. The Hall–Kier alpha value is -3.65. The van der Waals surface area contributed by atoms with Gasteiger partial charge in [0.05, 0.1) is 9.79 Å². The summed E-state index contributed by atoms with van der Waals surface area (Å²) >= 11 is 10.9. The monoisotopic (exact) mass is 526 g/mol. The van der Waals surface area contributed by atoms with E-state index in [0.717, 1.165) is 0 Å². The highest BCUT2D eigenvalue weighted by Gasteiger charge is 2.19. The molecule has 0 atom stereocenters. The number of carbonyl (C=O) groups is 2. The first-order valence-corrected chi connectivity index (χ1v) is 12.4. The maximum Gasteiger partial charge on any atom is 0.252 e. The molecule has 0 saturated carbocycles. The molecule has 0 aliphatic rings. The molecule has 4 aromatic carbocycles. The van der Waals surface area contributed by atoms with Gasteiger partial charge in [-0.2, -0.15) is 0 Å². The zero-order valence-electron chi connectivity index (χ0n) is 17.9. The molecule has 0 N–H and O–H groups in total. The SMILES string of the molecule is O=C(Cl)c1ccc(Oc2cccc(S(=O)(=O)c3cccc(Oc4ccc(C(=O)Cl)cc4)c3)c2)cc1. The van der Waals surface area contributed by atoms with Crippen LogP contribution in [0.1, 0.15) is 20.7 Å². The van der Waals surface area contributed by atoms with Crippen LogP contribution in [0.3, 0.4) is 0 Å². The summed E-state index contributed by atoms with van der Waals surface area (Å²) in [6.07, 6.45) is 0. The second-order valence-corrected chi connectivity index (χ2v) is 9.89. The van der Waals surface area contributed by atoms with E-state index in [1.165, 1.54) is 48.5 Å². The molecule has 0 unspecified atom stereocenters. The fourth-order valence-electron chi connectivity index (χ4n) is 3.13. The molecule has 0 aliphatic heterocycles. The van der Waals surface area contributed by atoms with Crippen LogP contribution in [0.4, 0.5) is 0 Å². The Kier molecular flexibility index (Phi) is 7.21. The van der Waals surface area contributed by atoms with Crippen molar-refractivity contribution in [3.05, 3.63) is 108 Å². The smallest absolute Gasteiger partial charge is 0.252 e. The van der Waals surface area contributed by atoms with Crippen LogP contribution < -0.4 is 9.47 Å². The molecular formula is C26H16Cl2O6S. The minimum atomic E-state index is -3.89. The molecular weight excluding hydrogens is 511 g/mol. The van der Waals surface area contributed by atoms with Crippen molar-refractivity contribution in [1.29, 1.82) is 0 Å². The zero-order chi connectivity index (χ0) is 25.0. The quantitative estimate of drug-likeness (QED) is 0.233. The molecule has 0 fully saturated rings. The van der Waals surface area contributed by atoms with Gasteiger partial charge < -0.3 is 9.47 Å². The van der Waals surface area contributed by atoms with Gasteiger partial charge in [-0.05, 0) is 108 Å². The van der Waals surface area contributed by atoms with E-state index in [-0.39, 0.29) is 9.79 Å². The minimum absolute atomic E-state index is 0.0321. The first kappa shape index (κ1) is 24.5. The molecule has 0 saturated heterocycles. The lowest BCUT2D eigenvalue weighted by molar-refractivity contribution is 0.107. The van der Waals surface area contributed by atoms with E-state index in [1.807, 2.05) is 0 Å². The number of rotatable bonds is 8. The molecule has 0 heterocycles. The first-order valence-electron chi connectivity index (χ1n) is 10.1. The highest BCUT2D eigenvalue weighted by molar-refractivity contribution is 7.91. The summed E-state index contributed by atoms with van der Waals surface area (Å²) < 4.78 is 38.0. The normalized spacial score (nSPS) is 11.0. The number of benzene rings is 4. The fraction of sp³-hybridized carbons (Fsp3) is 0. The van der Waals surface area contributed by atoms with Gasteiger partial charge in [0.1, 0.15) is 23.0 Å². The highest BCUT2D eigenvalue weighted by Crippen LogP contribution is 2.30. The Labute approximate surface area is 211 Å². The number of hydrogen-bond acceptors (Lipinski definition) is 6. The number of hydrogen-bond donors (Lipinski definition) is 0. The number of ether oxygens (including phenoxy) is 2.